The fourth-order valence-electron chi connectivity index (χ4n) is 2.68. The maximum absolute atomic E-state index is 13.2. The van der Waals surface area contributed by atoms with Gasteiger partial charge in [0.2, 0.25) is 5.91 Å². The topological polar surface area (TPSA) is 86.6 Å². The summed E-state index contributed by atoms with van der Waals surface area (Å²) >= 11 is 7.19. The molecule has 2 aromatic carbocycles. The molecule has 1 atom stereocenters. The van der Waals surface area contributed by atoms with Crippen LogP contribution in [0.5, 0.6) is 0 Å². The van der Waals surface area contributed by atoms with Crippen LogP contribution >= 0.6 is 30.5 Å². The number of fused-ring (bicyclic) bond motifs is 1. The number of carbonyl (C=O) groups is 1. The molecule has 3 N–H and O–H groups in total. The van der Waals surface area contributed by atoms with Crippen LogP contribution in [0.3, 0.4) is 0 Å². The summed E-state index contributed by atoms with van der Waals surface area (Å²) in [5.74, 6) is -2.54. The Bertz CT molecular complexity index is 1110. The summed E-state index contributed by atoms with van der Waals surface area (Å²) in [5, 5.41) is 4.59. The van der Waals surface area contributed by atoms with Crippen LogP contribution in [0.25, 0.3) is 16.2 Å². The minimum atomic E-state index is -4.87. The van der Waals surface area contributed by atoms with Crippen LogP contribution in [0.1, 0.15) is 16.8 Å². The predicted molar refractivity (Wildman–Crippen MR) is 105 cm³/mol. The van der Waals surface area contributed by atoms with E-state index in [1.165, 1.54) is 28.9 Å². The summed E-state index contributed by atoms with van der Waals surface area (Å²) < 4.78 is 39.1. The zero-order valence-corrected chi connectivity index (χ0v) is 16.4. The first kappa shape index (κ1) is 20.6. The summed E-state index contributed by atoms with van der Waals surface area (Å²) in [6.07, 6.45) is 2.28. The van der Waals surface area contributed by atoms with Crippen molar-refractivity contribution in [3.8, 4) is 0 Å². The molecule has 0 bridgehead atoms. The maximum atomic E-state index is 13.2. The van der Waals surface area contributed by atoms with Gasteiger partial charge in [-0.25, -0.2) is 8.78 Å². The summed E-state index contributed by atoms with van der Waals surface area (Å²) in [4.78, 5) is 32.0. The van der Waals surface area contributed by atoms with Crippen LogP contribution < -0.4 is 5.32 Å². The van der Waals surface area contributed by atoms with E-state index in [2.05, 4.69) is 5.32 Å². The number of rotatable bonds is 5. The number of amides is 1. The molecule has 1 amide bonds. The van der Waals surface area contributed by atoms with Gasteiger partial charge < -0.3 is 15.1 Å². The van der Waals surface area contributed by atoms with E-state index < -0.39 is 30.8 Å². The van der Waals surface area contributed by atoms with Crippen molar-refractivity contribution < 1.29 is 27.9 Å². The van der Waals surface area contributed by atoms with Crippen molar-refractivity contribution in [1.82, 2.24) is 5.32 Å². The maximum Gasteiger partial charge on any atom is 0.342 e. The number of hydrogen-bond donors (Lipinski definition) is 3. The Morgan fingerprint density at radius 3 is 2.50 bits per heavy atom. The Labute approximate surface area is 167 Å². The Kier molecular flexibility index (Phi) is 5.98. The van der Waals surface area contributed by atoms with E-state index >= 15 is 0 Å². The molecule has 5 nitrogen and oxygen atoms in total. The molecule has 0 aliphatic rings. The van der Waals surface area contributed by atoms with Gasteiger partial charge in [0, 0.05) is 22.0 Å². The van der Waals surface area contributed by atoms with Crippen LogP contribution in [0, 0.1) is 11.6 Å². The number of carbonyl (C=O) groups excluding carboxylic acids is 1. The van der Waals surface area contributed by atoms with E-state index in [9.17, 15) is 27.9 Å². The predicted octanol–water partition coefficient (Wildman–Crippen LogP) is 4.84. The highest BCUT2D eigenvalue weighted by atomic mass is 35.5. The SMILES string of the molecule is O=C(NC=Cc1cc(F)cc(F)c1)C(c1csc2ccc(Cl)cc12)P(=O)(O)O. The Morgan fingerprint density at radius 1 is 1.18 bits per heavy atom. The Balaban J connectivity index is 1.89. The lowest BCUT2D eigenvalue weighted by Gasteiger charge is -2.16. The molecule has 10 heteroatoms. The molecule has 0 saturated heterocycles. The molecular formula is C18H13ClF2NO4PS. The molecule has 1 unspecified atom stereocenters. The van der Waals surface area contributed by atoms with Crippen molar-refractivity contribution in [3.63, 3.8) is 0 Å². The van der Waals surface area contributed by atoms with E-state index in [-0.39, 0.29) is 11.1 Å². The van der Waals surface area contributed by atoms with E-state index in [1.54, 1.807) is 12.1 Å². The monoisotopic (exact) mass is 443 g/mol. The molecule has 0 aliphatic carbocycles. The van der Waals surface area contributed by atoms with Gasteiger partial charge >= 0.3 is 7.60 Å². The molecule has 3 rings (SSSR count). The van der Waals surface area contributed by atoms with Gasteiger partial charge in [0.15, 0.2) is 5.66 Å². The molecule has 1 aromatic heterocycles. The number of hydrogen-bond acceptors (Lipinski definition) is 3. The summed E-state index contributed by atoms with van der Waals surface area (Å²) in [7, 11) is -4.87. The number of halogens is 3. The van der Waals surface area contributed by atoms with Crippen LogP contribution in [0.4, 0.5) is 8.78 Å². The summed E-state index contributed by atoms with van der Waals surface area (Å²) in [5.41, 5.74) is -1.47. The average molecular weight is 444 g/mol. The molecule has 1 heterocycles. The molecule has 146 valence electrons. The highest BCUT2D eigenvalue weighted by Gasteiger charge is 2.38. The third-order valence-electron chi connectivity index (χ3n) is 3.83. The lowest BCUT2D eigenvalue weighted by molar-refractivity contribution is -0.120. The molecular weight excluding hydrogens is 431 g/mol. The normalized spacial score (nSPS) is 13.2. The third kappa shape index (κ3) is 4.66. The zero-order valence-electron chi connectivity index (χ0n) is 14.0. The first-order valence-electron chi connectivity index (χ1n) is 7.80. The summed E-state index contributed by atoms with van der Waals surface area (Å²) in [6, 6.07) is 7.65. The molecule has 0 fully saturated rings. The molecule has 0 saturated carbocycles. The molecule has 3 aromatic rings. The van der Waals surface area contributed by atoms with Crippen LogP contribution in [0.15, 0.2) is 48.0 Å². The van der Waals surface area contributed by atoms with Gasteiger partial charge in [0.25, 0.3) is 0 Å². The lowest BCUT2D eigenvalue weighted by atomic mass is 10.1. The van der Waals surface area contributed by atoms with E-state index in [1.807, 2.05) is 0 Å². The van der Waals surface area contributed by atoms with Gasteiger partial charge in [-0.05, 0) is 58.3 Å². The number of nitrogens with one attached hydrogen (secondary N) is 1. The minimum Gasteiger partial charge on any atom is -0.332 e. The van der Waals surface area contributed by atoms with Crippen LogP contribution in [-0.4, -0.2) is 15.7 Å². The van der Waals surface area contributed by atoms with Crippen LogP contribution in [0.2, 0.25) is 5.02 Å². The highest BCUT2D eigenvalue weighted by Crippen LogP contribution is 2.54. The van der Waals surface area contributed by atoms with Gasteiger partial charge in [-0.2, -0.15) is 0 Å². The van der Waals surface area contributed by atoms with Gasteiger partial charge in [0.1, 0.15) is 11.6 Å². The van der Waals surface area contributed by atoms with Crippen molar-refractivity contribution >= 4 is 52.6 Å². The molecule has 0 aliphatic heterocycles. The first-order chi connectivity index (χ1) is 13.1. The van der Waals surface area contributed by atoms with Gasteiger partial charge in [-0.3, -0.25) is 9.36 Å². The van der Waals surface area contributed by atoms with E-state index in [0.29, 0.717) is 16.5 Å². The number of thiophene rings is 1. The Morgan fingerprint density at radius 2 is 1.86 bits per heavy atom. The standard InChI is InChI=1S/C18H13ClF2NO4PS/c19-11-1-2-16-14(7-11)15(9-28-16)17(27(24,25)26)18(23)22-4-3-10-5-12(20)8-13(21)6-10/h1-9,17H,(H,22,23)(H2,24,25,26). The van der Waals surface area contributed by atoms with E-state index in [0.717, 1.165) is 23.0 Å². The smallest absolute Gasteiger partial charge is 0.332 e. The average Bonchev–Trinajstić information content (AvgIpc) is 2.95. The summed E-state index contributed by atoms with van der Waals surface area (Å²) in [6.45, 7) is 0. The third-order valence-corrected chi connectivity index (χ3v) is 6.23. The van der Waals surface area contributed by atoms with Gasteiger partial charge in [-0.1, -0.05) is 11.6 Å². The quantitative estimate of drug-likeness (QED) is 0.492. The fraction of sp³-hybridized carbons (Fsp3) is 0.0556. The van der Waals surface area contributed by atoms with Crippen molar-refractivity contribution in [3.05, 3.63) is 75.8 Å². The van der Waals surface area contributed by atoms with Crippen molar-refractivity contribution in [2.75, 3.05) is 0 Å². The molecule has 28 heavy (non-hydrogen) atoms. The van der Waals surface area contributed by atoms with Crippen molar-refractivity contribution in [2.24, 2.45) is 0 Å². The number of benzene rings is 2. The van der Waals surface area contributed by atoms with Gasteiger partial charge in [0.05, 0.1) is 0 Å². The van der Waals surface area contributed by atoms with Crippen molar-refractivity contribution in [1.29, 1.82) is 0 Å². The Hall–Kier alpha value is -2.09. The van der Waals surface area contributed by atoms with Gasteiger partial charge in [-0.15, -0.1) is 11.3 Å². The fourth-order valence-corrected chi connectivity index (χ4v) is 4.87. The zero-order chi connectivity index (χ0) is 20.5. The second-order valence-electron chi connectivity index (χ2n) is 5.87. The second-order valence-corrected chi connectivity index (χ2v) is 8.91. The van der Waals surface area contributed by atoms with E-state index in [4.69, 9.17) is 11.6 Å². The molecule has 0 radical (unpaired) electrons. The highest BCUT2D eigenvalue weighted by molar-refractivity contribution is 7.53. The van der Waals surface area contributed by atoms with Crippen LogP contribution in [-0.2, 0) is 9.36 Å². The lowest BCUT2D eigenvalue weighted by Crippen LogP contribution is -2.25. The largest absolute Gasteiger partial charge is 0.342 e. The second kappa shape index (κ2) is 8.11. The first-order valence-corrected chi connectivity index (χ1v) is 10.7. The minimum absolute atomic E-state index is 0.137. The van der Waals surface area contributed by atoms with Crippen molar-refractivity contribution in [2.45, 2.75) is 5.66 Å². The molecule has 0 spiro atoms.